The summed E-state index contributed by atoms with van der Waals surface area (Å²) >= 11 is 6.26. The average molecular weight is 498 g/mol. The molecular formula is C26H44ClN3O4. The van der Waals surface area contributed by atoms with Gasteiger partial charge in [-0.15, -0.1) is 0 Å². The minimum atomic E-state index is -1.06. The second-order valence-corrected chi connectivity index (χ2v) is 10.9. The summed E-state index contributed by atoms with van der Waals surface area (Å²) in [5.41, 5.74) is 5.99. The zero-order valence-corrected chi connectivity index (χ0v) is 22.1. The normalized spacial score (nSPS) is 19.5. The Kier molecular flexibility index (Phi) is 11.6. The van der Waals surface area contributed by atoms with Crippen LogP contribution in [0.5, 0.6) is 0 Å². The van der Waals surface area contributed by atoms with Gasteiger partial charge in [0.15, 0.2) is 0 Å². The highest BCUT2D eigenvalue weighted by Gasteiger charge is 2.41. The van der Waals surface area contributed by atoms with E-state index in [1.54, 1.807) is 14.2 Å². The van der Waals surface area contributed by atoms with Gasteiger partial charge in [0.05, 0.1) is 12.2 Å². The Morgan fingerprint density at radius 3 is 2.76 bits per heavy atom. The lowest BCUT2D eigenvalue weighted by Crippen LogP contribution is -2.52. The van der Waals surface area contributed by atoms with Gasteiger partial charge in [-0.1, -0.05) is 37.6 Å². The fraction of sp³-hybridized carbons (Fsp3) is 0.731. The van der Waals surface area contributed by atoms with Crippen LogP contribution < -0.4 is 11.1 Å². The number of nitrogens with zero attached hydrogens (tertiary/aromatic N) is 1. The molecule has 2 amide bonds. The second kappa shape index (κ2) is 13.6. The monoisotopic (exact) mass is 497 g/mol. The standard InChI is InChI=1S/C26H44ClN3O4/c1-25(2,19-34-4)16-23(28)17-29-24(31)30-13-8-10-21(18-30)26(32,12-5-6-14-33-3)20-9-7-11-22(27)15-20/h7,9,11,15,21,23,32H,5-6,8,10,12-14,16-19,28H2,1-4H3,(H,29,31)/t21-,23?,26-/m1/s1. The molecule has 1 fully saturated rings. The summed E-state index contributed by atoms with van der Waals surface area (Å²) < 4.78 is 10.5. The molecule has 4 N–H and O–H groups in total. The van der Waals surface area contributed by atoms with Crippen LogP contribution in [0, 0.1) is 11.3 Å². The number of nitrogens with two attached hydrogens (primary N) is 1. The van der Waals surface area contributed by atoms with Crippen molar-refractivity contribution in [2.24, 2.45) is 17.1 Å². The van der Waals surface area contributed by atoms with Crippen molar-refractivity contribution >= 4 is 17.6 Å². The Hall–Kier alpha value is -1.38. The molecule has 1 aromatic carbocycles. The molecule has 2 rings (SSSR count). The summed E-state index contributed by atoms with van der Waals surface area (Å²) in [5.74, 6) is -0.0812. The largest absolute Gasteiger partial charge is 0.385 e. The lowest BCUT2D eigenvalue weighted by Gasteiger charge is -2.43. The number of hydrogen-bond acceptors (Lipinski definition) is 5. The Balaban J connectivity index is 2.04. The average Bonchev–Trinajstić information content (AvgIpc) is 2.80. The number of piperidine rings is 1. The predicted molar refractivity (Wildman–Crippen MR) is 137 cm³/mol. The van der Waals surface area contributed by atoms with Crippen molar-refractivity contribution < 1.29 is 19.4 Å². The number of nitrogens with one attached hydrogen (secondary N) is 1. The van der Waals surface area contributed by atoms with E-state index in [9.17, 15) is 9.90 Å². The number of benzene rings is 1. The lowest BCUT2D eigenvalue weighted by atomic mass is 9.74. The molecule has 194 valence electrons. The van der Waals surface area contributed by atoms with Gasteiger partial charge in [0.1, 0.15) is 0 Å². The first kappa shape index (κ1) is 28.9. The minimum Gasteiger partial charge on any atom is -0.385 e. The number of amides is 2. The number of ether oxygens (including phenoxy) is 2. The van der Waals surface area contributed by atoms with Crippen LogP contribution in [0.15, 0.2) is 24.3 Å². The number of likely N-dealkylation sites (tertiary alicyclic amines) is 1. The topological polar surface area (TPSA) is 97.1 Å². The molecule has 0 radical (unpaired) electrons. The van der Waals surface area contributed by atoms with Gasteiger partial charge >= 0.3 is 6.03 Å². The number of unbranched alkanes of at least 4 members (excludes halogenated alkanes) is 1. The van der Waals surface area contributed by atoms with E-state index in [1.165, 1.54) is 0 Å². The summed E-state index contributed by atoms with van der Waals surface area (Å²) in [6.45, 7) is 7.06. The van der Waals surface area contributed by atoms with Crippen molar-refractivity contribution in [3.63, 3.8) is 0 Å². The van der Waals surface area contributed by atoms with Crippen LogP contribution in [0.3, 0.4) is 0 Å². The van der Waals surface area contributed by atoms with Crippen molar-refractivity contribution in [2.45, 2.75) is 64.0 Å². The van der Waals surface area contributed by atoms with Crippen molar-refractivity contribution in [3.8, 4) is 0 Å². The van der Waals surface area contributed by atoms with Gasteiger partial charge in [-0.05, 0) is 61.6 Å². The number of hydrogen-bond donors (Lipinski definition) is 3. The third-order valence-electron chi connectivity index (χ3n) is 6.73. The summed E-state index contributed by atoms with van der Waals surface area (Å²) in [4.78, 5) is 14.8. The number of carbonyl (C=O) groups excluding carboxylic acids is 1. The Morgan fingerprint density at radius 2 is 2.09 bits per heavy atom. The predicted octanol–water partition coefficient (Wildman–Crippen LogP) is 4.16. The Labute approximate surface area is 210 Å². The molecule has 3 atom stereocenters. The number of carbonyl (C=O) groups is 1. The highest BCUT2D eigenvalue weighted by molar-refractivity contribution is 6.30. The van der Waals surface area contributed by atoms with E-state index < -0.39 is 5.60 Å². The summed E-state index contributed by atoms with van der Waals surface area (Å²) in [6, 6.07) is 7.18. The van der Waals surface area contributed by atoms with Crippen LogP contribution in [0.4, 0.5) is 4.79 Å². The van der Waals surface area contributed by atoms with Crippen LogP contribution in [0.1, 0.15) is 57.9 Å². The van der Waals surface area contributed by atoms with E-state index in [-0.39, 0.29) is 23.4 Å². The third-order valence-corrected chi connectivity index (χ3v) is 6.97. The molecule has 0 spiro atoms. The smallest absolute Gasteiger partial charge is 0.317 e. The maximum atomic E-state index is 13.0. The Morgan fingerprint density at radius 1 is 1.32 bits per heavy atom. The van der Waals surface area contributed by atoms with Gasteiger partial charge in [-0.2, -0.15) is 0 Å². The van der Waals surface area contributed by atoms with Crippen molar-refractivity contribution in [2.75, 3.05) is 47.1 Å². The molecule has 1 aromatic rings. The van der Waals surface area contributed by atoms with Gasteiger partial charge in [-0.25, -0.2) is 4.79 Å². The summed E-state index contributed by atoms with van der Waals surface area (Å²) in [5, 5.41) is 15.5. The van der Waals surface area contributed by atoms with Gasteiger partial charge < -0.3 is 30.5 Å². The van der Waals surface area contributed by atoms with Gasteiger partial charge in [0.2, 0.25) is 0 Å². The molecule has 34 heavy (non-hydrogen) atoms. The first-order valence-corrected chi connectivity index (χ1v) is 12.7. The van der Waals surface area contributed by atoms with Crippen LogP contribution >= 0.6 is 11.6 Å². The first-order valence-electron chi connectivity index (χ1n) is 12.4. The fourth-order valence-electron chi connectivity index (χ4n) is 5.10. The van der Waals surface area contributed by atoms with Crippen LogP contribution in [-0.4, -0.2) is 69.1 Å². The molecule has 1 saturated heterocycles. The molecule has 0 bridgehead atoms. The molecule has 1 aliphatic heterocycles. The number of methoxy groups -OCH3 is 2. The van der Waals surface area contributed by atoms with E-state index >= 15 is 0 Å². The van der Waals surface area contributed by atoms with Crippen LogP contribution in [0.25, 0.3) is 0 Å². The minimum absolute atomic E-state index is 0.0502. The maximum absolute atomic E-state index is 13.0. The van der Waals surface area contributed by atoms with E-state index in [2.05, 4.69) is 19.2 Å². The number of halogens is 1. The molecule has 1 aliphatic rings. The first-order chi connectivity index (χ1) is 16.1. The highest BCUT2D eigenvalue weighted by atomic mass is 35.5. The van der Waals surface area contributed by atoms with E-state index in [0.29, 0.717) is 44.3 Å². The number of urea groups is 1. The van der Waals surface area contributed by atoms with Crippen LogP contribution in [0.2, 0.25) is 5.02 Å². The Bertz CT molecular complexity index is 763. The van der Waals surface area contributed by atoms with Gasteiger partial charge in [0.25, 0.3) is 0 Å². The molecular weight excluding hydrogens is 454 g/mol. The maximum Gasteiger partial charge on any atom is 0.317 e. The van der Waals surface area contributed by atoms with Gasteiger partial charge in [0, 0.05) is 57.4 Å². The molecule has 0 aromatic heterocycles. The van der Waals surface area contributed by atoms with E-state index in [1.807, 2.05) is 29.2 Å². The molecule has 7 nitrogen and oxygen atoms in total. The quantitative estimate of drug-likeness (QED) is 0.355. The molecule has 0 saturated carbocycles. The molecule has 1 unspecified atom stereocenters. The zero-order valence-electron chi connectivity index (χ0n) is 21.3. The third kappa shape index (κ3) is 8.68. The van der Waals surface area contributed by atoms with Crippen molar-refractivity contribution in [3.05, 3.63) is 34.9 Å². The van der Waals surface area contributed by atoms with E-state index in [0.717, 1.165) is 37.7 Å². The summed E-state index contributed by atoms with van der Waals surface area (Å²) in [6.07, 6.45) is 4.73. The number of rotatable bonds is 13. The van der Waals surface area contributed by atoms with Crippen molar-refractivity contribution in [1.29, 1.82) is 0 Å². The summed E-state index contributed by atoms with van der Waals surface area (Å²) in [7, 11) is 3.37. The molecule has 8 heteroatoms. The lowest BCUT2D eigenvalue weighted by molar-refractivity contribution is -0.0563. The van der Waals surface area contributed by atoms with E-state index in [4.69, 9.17) is 26.8 Å². The van der Waals surface area contributed by atoms with Crippen molar-refractivity contribution in [1.82, 2.24) is 10.2 Å². The highest BCUT2D eigenvalue weighted by Crippen LogP contribution is 2.40. The second-order valence-electron chi connectivity index (χ2n) is 10.4. The fourth-order valence-corrected chi connectivity index (χ4v) is 5.29. The SMILES string of the molecule is COCCCC[C@@](O)(c1cccc(Cl)c1)[C@@H]1CCCN(C(=O)NCC(N)CC(C)(C)COC)C1. The number of aliphatic hydroxyl groups is 1. The molecule has 1 heterocycles. The zero-order chi connectivity index (χ0) is 25.2. The van der Waals surface area contributed by atoms with Gasteiger partial charge in [-0.3, -0.25) is 0 Å². The molecule has 0 aliphatic carbocycles. The van der Waals surface area contributed by atoms with Crippen LogP contribution in [-0.2, 0) is 15.1 Å².